The van der Waals surface area contributed by atoms with E-state index in [0.717, 1.165) is 31.5 Å². The topological polar surface area (TPSA) is 12.5 Å². The Balaban J connectivity index is 0.000000205. The van der Waals surface area contributed by atoms with Gasteiger partial charge in [-0.25, -0.2) is 4.39 Å². The molecule has 0 saturated carbocycles. The largest absolute Gasteiger partial charge is 0.461 e. The number of ether oxygens (including phenoxy) is 1. The molecule has 3 aromatic rings. The lowest BCUT2D eigenvalue weighted by atomic mass is 9.92. The van der Waals surface area contributed by atoms with Crippen molar-refractivity contribution in [1.29, 1.82) is 0 Å². The molecule has 0 saturated heterocycles. The lowest BCUT2D eigenvalue weighted by molar-refractivity contribution is -0.253. The van der Waals surface area contributed by atoms with Crippen LogP contribution in [0, 0.1) is 5.82 Å². The van der Waals surface area contributed by atoms with Gasteiger partial charge in [0.15, 0.2) is 0 Å². The Labute approximate surface area is 190 Å². The normalized spacial score (nSPS) is 13.2. The summed E-state index contributed by atoms with van der Waals surface area (Å²) >= 11 is 0. The van der Waals surface area contributed by atoms with Crippen molar-refractivity contribution in [3.05, 3.63) is 84.2 Å². The first-order valence-electron chi connectivity index (χ1n) is 10.8. The average molecular weight is 463 g/mol. The van der Waals surface area contributed by atoms with Gasteiger partial charge in [-0.1, -0.05) is 49.4 Å². The van der Waals surface area contributed by atoms with Crippen LogP contribution in [0.2, 0.25) is 0 Å². The van der Waals surface area contributed by atoms with Gasteiger partial charge >= 0.3 is 12.5 Å². The van der Waals surface area contributed by atoms with E-state index < -0.39 is 12.5 Å². The first kappa shape index (κ1) is 24.6. The Morgan fingerprint density at radius 2 is 1.70 bits per heavy atom. The van der Waals surface area contributed by atoms with Crippen LogP contribution in [0.4, 0.5) is 27.6 Å². The number of halogens is 5. The first-order chi connectivity index (χ1) is 15.8. The van der Waals surface area contributed by atoms with Gasteiger partial charge in [-0.3, -0.25) is 0 Å². The van der Waals surface area contributed by atoms with Crippen molar-refractivity contribution in [2.75, 3.05) is 18.0 Å². The lowest BCUT2D eigenvalue weighted by Gasteiger charge is -2.32. The van der Waals surface area contributed by atoms with Gasteiger partial charge in [-0.2, -0.15) is 17.6 Å². The van der Waals surface area contributed by atoms with Crippen molar-refractivity contribution < 1.29 is 26.7 Å². The van der Waals surface area contributed by atoms with Crippen LogP contribution in [0.3, 0.4) is 0 Å². The van der Waals surface area contributed by atoms with Crippen molar-refractivity contribution in [3.8, 4) is 16.9 Å². The third kappa shape index (κ3) is 6.46. The summed E-state index contributed by atoms with van der Waals surface area (Å²) in [6.07, 6.45) is -4.83. The molecule has 3 aromatic carbocycles. The Kier molecular flexibility index (Phi) is 8.31. The molecule has 0 aromatic heterocycles. The van der Waals surface area contributed by atoms with Crippen LogP contribution in [-0.4, -0.2) is 25.6 Å². The van der Waals surface area contributed by atoms with Crippen molar-refractivity contribution in [2.24, 2.45) is 0 Å². The lowest BCUT2D eigenvalue weighted by Crippen LogP contribution is -2.33. The van der Waals surface area contributed by atoms with E-state index in [-0.39, 0.29) is 11.6 Å². The van der Waals surface area contributed by atoms with E-state index in [2.05, 4.69) is 34.8 Å². The smallest absolute Gasteiger partial charge is 0.428 e. The van der Waals surface area contributed by atoms with Gasteiger partial charge in [0.05, 0.1) is 0 Å². The number of anilines is 1. The monoisotopic (exact) mass is 463 g/mol. The van der Waals surface area contributed by atoms with Crippen LogP contribution in [0.25, 0.3) is 11.1 Å². The summed E-state index contributed by atoms with van der Waals surface area (Å²) in [5, 5.41) is 0. The predicted octanol–water partition coefficient (Wildman–Crippen LogP) is 7.58. The number of benzene rings is 3. The van der Waals surface area contributed by atoms with E-state index in [1.165, 1.54) is 53.6 Å². The fraction of sp³-hybridized carbons (Fsp3) is 0.308. The molecule has 1 aliphatic heterocycles. The maximum atomic E-state index is 13.5. The maximum Gasteiger partial charge on any atom is 0.461 e. The van der Waals surface area contributed by atoms with Gasteiger partial charge in [0.25, 0.3) is 0 Å². The number of rotatable bonds is 6. The summed E-state index contributed by atoms with van der Waals surface area (Å²) in [7, 11) is 0. The maximum absolute atomic E-state index is 13.5. The minimum Gasteiger partial charge on any atom is -0.428 e. The number of para-hydroxylation sites is 1. The molecule has 4 rings (SSSR count). The fourth-order valence-corrected chi connectivity index (χ4v) is 3.82. The number of hydrogen-bond acceptors (Lipinski definition) is 2. The number of hydrogen-bond donors (Lipinski definition) is 0. The Bertz CT molecular complexity index is 1030. The van der Waals surface area contributed by atoms with E-state index >= 15 is 0 Å². The van der Waals surface area contributed by atoms with Crippen LogP contribution in [0.5, 0.6) is 5.75 Å². The van der Waals surface area contributed by atoms with Crippen LogP contribution >= 0.6 is 0 Å². The highest BCUT2D eigenvalue weighted by Gasteiger charge is 2.43. The Morgan fingerprint density at radius 1 is 0.970 bits per heavy atom. The predicted molar refractivity (Wildman–Crippen MR) is 121 cm³/mol. The van der Waals surface area contributed by atoms with E-state index in [1.807, 2.05) is 6.07 Å². The van der Waals surface area contributed by atoms with Crippen molar-refractivity contribution in [2.45, 2.75) is 38.7 Å². The fourth-order valence-electron chi connectivity index (χ4n) is 3.82. The van der Waals surface area contributed by atoms with Gasteiger partial charge in [-0.15, -0.1) is 0 Å². The molecular formula is C26H26F5NO. The van der Waals surface area contributed by atoms with Crippen LogP contribution in [-0.2, 0) is 6.42 Å². The molecule has 0 aliphatic carbocycles. The molecule has 1 aliphatic rings. The Morgan fingerprint density at radius 3 is 2.36 bits per heavy atom. The van der Waals surface area contributed by atoms with E-state index in [1.54, 1.807) is 18.2 Å². The zero-order valence-corrected chi connectivity index (χ0v) is 18.3. The standard InChI is InChI=1S/C18H20FN.C8H6F4O/c1-2-11-20-12-5-9-17-16(8-4-10-18(17)20)14-6-3-7-15(19)13-14;9-7(10)8(11,12)13-6-4-2-1-3-5-6/h3-4,6-8,10,13H,2,5,9,11-12H2,1H3;1-5,7H. The van der Waals surface area contributed by atoms with Gasteiger partial charge < -0.3 is 9.64 Å². The minimum absolute atomic E-state index is 0.165. The Hall–Kier alpha value is -3.09. The summed E-state index contributed by atoms with van der Waals surface area (Å²) in [4.78, 5) is 2.46. The van der Waals surface area contributed by atoms with Crippen LogP contribution < -0.4 is 9.64 Å². The second-order valence-corrected chi connectivity index (χ2v) is 7.68. The number of fused-ring (bicyclic) bond motifs is 1. The number of alkyl halides is 4. The summed E-state index contributed by atoms with van der Waals surface area (Å²) < 4.78 is 65.0. The highest BCUT2D eigenvalue weighted by molar-refractivity contribution is 5.75. The molecule has 7 heteroatoms. The van der Waals surface area contributed by atoms with Gasteiger partial charge in [0.1, 0.15) is 11.6 Å². The van der Waals surface area contributed by atoms with Gasteiger partial charge in [0, 0.05) is 18.8 Å². The molecule has 0 spiro atoms. The third-order valence-electron chi connectivity index (χ3n) is 5.23. The van der Waals surface area contributed by atoms with E-state index in [0.29, 0.717) is 0 Å². The summed E-state index contributed by atoms with van der Waals surface area (Å²) in [6, 6.07) is 20.1. The van der Waals surface area contributed by atoms with Crippen molar-refractivity contribution in [1.82, 2.24) is 0 Å². The van der Waals surface area contributed by atoms with E-state index in [9.17, 15) is 22.0 Å². The molecule has 0 bridgehead atoms. The summed E-state index contributed by atoms with van der Waals surface area (Å²) in [6.45, 7) is 4.44. The second kappa shape index (κ2) is 11.2. The number of nitrogens with zero attached hydrogens (tertiary/aromatic N) is 1. The van der Waals surface area contributed by atoms with Crippen molar-refractivity contribution >= 4 is 5.69 Å². The molecule has 0 fully saturated rings. The molecule has 33 heavy (non-hydrogen) atoms. The van der Waals surface area contributed by atoms with Crippen LogP contribution in [0.1, 0.15) is 25.3 Å². The van der Waals surface area contributed by atoms with E-state index in [4.69, 9.17) is 0 Å². The second-order valence-electron chi connectivity index (χ2n) is 7.68. The molecule has 0 unspecified atom stereocenters. The SMILES string of the molecule is CCCN1CCCc2c(-c3cccc(F)c3)cccc21.FC(F)C(F)(F)Oc1ccccc1. The molecule has 1 heterocycles. The van der Waals surface area contributed by atoms with Gasteiger partial charge in [0.2, 0.25) is 0 Å². The zero-order chi connectivity index (χ0) is 23.8. The molecule has 0 atom stereocenters. The molecule has 2 nitrogen and oxygen atoms in total. The van der Waals surface area contributed by atoms with Gasteiger partial charge in [-0.05, 0) is 66.3 Å². The third-order valence-corrected chi connectivity index (χ3v) is 5.23. The summed E-state index contributed by atoms with van der Waals surface area (Å²) in [5.41, 5.74) is 4.88. The minimum atomic E-state index is -4.43. The molecule has 0 N–H and O–H groups in total. The van der Waals surface area contributed by atoms with Crippen molar-refractivity contribution in [3.63, 3.8) is 0 Å². The zero-order valence-electron chi connectivity index (χ0n) is 18.3. The molecule has 176 valence electrons. The van der Waals surface area contributed by atoms with Crippen LogP contribution in [0.15, 0.2) is 72.8 Å². The molecule has 0 amide bonds. The highest BCUT2D eigenvalue weighted by atomic mass is 19.3. The average Bonchev–Trinajstić information content (AvgIpc) is 2.80. The quantitative estimate of drug-likeness (QED) is 0.350. The summed E-state index contributed by atoms with van der Waals surface area (Å²) in [5.74, 6) is -0.450. The molecular weight excluding hydrogens is 437 g/mol. The first-order valence-corrected chi connectivity index (χ1v) is 10.8. The molecule has 0 radical (unpaired) electrons. The highest BCUT2D eigenvalue weighted by Crippen LogP contribution is 2.35.